The molecule has 0 saturated carbocycles. The first-order chi connectivity index (χ1) is 40.0. The van der Waals surface area contributed by atoms with E-state index in [1.165, 1.54) is 0 Å². The molecule has 0 aliphatic heterocycles. The molecule has 0 aliphatic carbocycles. The molecule has 0 rings (SSSR count). The molecule has 0 aromatic carbocycles. The Kier molecular flexibility index (Phi) is 61.1. The molecule has 0 aromatic heterocycles. The lowest BCUT2D eigenvalue weighted by Gasteiger charge is -2.18. The smallest absolute Gasteiger partial charge is 0.306 e. The Balaban J connectivity index is 4.58. The Morgan fingerprint density at radius 1 is 0.247 bits per heavy atom. The average Bonchev–Trinajstić information content (AvgIpc) is 3.46. The zero-order chi connectivity index (χ0) is 58.5. The van der Waals surface area contributed by atoms with Crippen molar-refractivity contribution in [2.75, 3.05) is 13.2 Å². The van der Waals surface area contributed by atoms with Crippen molar-refractivity contribution in [3.8, 4) is 0 Å². The van der Waals surface area contributed by atoms with Gasteiger partial charge < -0.3 is 14.2 Å². The number of allylic oxidation sites excluding steroid dienone is 36. The van der Waals surface area contributed by atoms with Gasteiger partial charge >= 0.3 is 17.9 Å². The number of hydrogen-bond donors (Lipinski definition) is 0. The van der Waals surface area contributed by atoms with Crippen molar-refractivity contribution in [2.45, 2.75) is 219 Å². The van der Waals surface area contributed by atoms with Crippen LogP contribution in [0.2, 0.25) is 0 Å². The van der Waals surface area contributed by atoms with E-state index in [9.17, 15) is 14.4 Å². The fourth-order valence-corrected chi connectivity index (χ4v) is 7.42. The molecular formula is C75H110O6. The highest BCUT2D eigenvalue weighted by atomic mass is 16.6. The van der Waals surface area contributed by atoms with Gasteiger partial charge in [0, 0.05) is 19.3 Å². The van der Waals surface area contributed by atoms with Crippen LogP contribution in [0, 0.1) is 0 Å². The van der Waals surface area contributed by atoms with E-state index in [-0.39, 0.29) is 38.0 Å². The van der Waals surface area contributed by atoms with Gasteiger partial charge in [-0.15, -0.1) is 0 Å². The number of esters is 3. The lowest BCUT2D eigenvalue weighted by Crippen LogP contribution is -2.30. The van der Waals surface area contributed by atoms with Gasteiger partial charge in [-0.2, -0.15) is 0 Å². The van der Waals surface area contributed by atoms with E-state index < -0.39 is 12.1 Å². The van der Waals surface area contributed by atoms with Crippen molar-refractivity contribution in [2.24, 2.45) is 0 Å². The third-order valence-electron chi connectivity index (χ3n) is 12.0. The topological polar surface area (TPSA) is 78.9 Å². The van der Waals surface area contributed by atoms with Gasteiger partial charge in [-0.3, -0.25) is 14.4 Å². The van der Waals surface area contributed by atoms with E-state index in [2.05, 4.69) is 227 Å². The summed E-state index contributed by atoms with van der Waals surface area (Å²) in [5.41, 5.74) is 0. The van der Waals surface area contributed by atoms with Gasteiger partial charge in [-0.25, -0.2) is 0 Å². The summed E-state index contributed by atoms with van der Waals surface area (Å²) in [5, 5.41) is 0. The van der Waals surface area contributed by atoms with E-state index in [0.717, 1.165) is 161 Å². The fraction of sp³-hybridized carbons (Fsp3) is 0.480. The van der Waals surface area contributed by atoms with Crippen LogP contribution in [0.1, 0.15) is 213 Å². The lowest BCUT2D eigenvalue weighted by molar-refractivity contribution is -0.166. The van der Waals surface area contributed by atoms with E-state index in [1.807, 2.05) is 12.2 Å². The van der Waals surface area contributed by atoms with E-state index in [0.29, 0.717) is 19.3 Å². The van der Waals surface area contributed by atoms with Crippen molar-refractivity contribution >= 4 is 17.9 Å². The molecule has 0 spiro atoms. The van der Waals surface area contributed by atoms with Crippen LogP contribution < -0.4 is 0 Å². The molecule has 0 saturated heterocycles. The molecular weight excluding hydrogens is 997 g/mol. The van der Waals surface area contributed by atoms with Crippen LogP contribution in [-0.4, -0.2) is 37.2 Å². The second-order valence-electron chi connectivity index (χ2n) is 19.5. The van der Waals surface area contributed by atoms with E-state index in [1.54, 1.807) is 0 Å². The quantitative estimate of drug-likeness (QED) is 0.0261. The highest BCUT2D eigenvalue weighted by molar-refractivity contribution is 5.71. The third kappa shape index (κ3) is 64.4. The standard InChI is InChI=1S/C75H110O6/c1-4-7-10-13-16-19-22-25-27-29-31-33-35-36-37-38-40-41-43-45-47-50-53-56-59-62-65-68-74(77)80-71-72(70-79-73(76)67-64-61-58-55-52-49-24-21-18-15-12-9-6-3)81-75(78)69-66-63-60-57-54-51-48-46-44-42-39-34-32-30-28-26-23-20-17-14-11-8-5-2/h7-12,16-21,25-28,31-34,36-37,40-42,44-45,47-49,51-52,57-58,60-61,72H,4-6,13-15,22-24,29-30,35,38-39,43,46,50,53-56,59,62-71H2,1-3H3/b10-7-,11-8-,12-9-,19-16-,20-17-,21-18-,27-25-,28-26-,33-31-,34-32-,37-36-,41-40-,44-42-,47-45-,51-48-,52-49-,60-57-,61-58-. The molecule has 0 amide bonds. The number of rotatable bonds is 53. The van der Waals surface area contributed by atoms with E-state index in [4.69, 9.17) is 14.2 Å². The van der Waals surface area contributed by atoms with Gasteiger partial charge in [0.2, 0.25) is 0 Å². The second-order valence-corrected chi connectivity index (χ2v) is 19.5. The highest BCUT2D eigenvalue weighted by Gasteiger charge is 2.19. The maximum Gasteiger partial charge on any atom is 0.306 e. The predicted molar refractivity (Wildman–Crippen MR) is 352 cm³/mol. The van der Waals surface area contributed by atoms with Crippen molar-refractivity contribution in [3.63, 3.8) is 0 Å². The molecule has 0 heterocycles. The molecule has 0 bridgehead atoms. The Morgan fingerprint density at radius 2 is 0.481 bits per heavy atom. The molecule has 0 aromatic rings. The normalized spacial score (nSPS) is 13.7. The second kappa shape index (κ2) is 66.2. The summed E-state index contributed by atoms with van der Waals surface area (Å²) in [6, 6.07) is 0. The largest absolute Gasteiger partial charge is 0.462 e. The van der Waals surface area contributed by atoms with Gasteiger partial charge in [0.05, 0.1) is 0 Å². The molecule has 446 valence electrons. The number of unbranched alkanes of at least 4 members (excludes halogenated alkanes) is 6. The van der Waals surface area contributed by atoms with Gasteiger partial charge in [-0.1, -0.05) is 259 Å². The van der Waals surface area contributed by atoms with Crippen LogP contribution >= 0.6 is 0 Å². The first kappa shape index (κ1) is 74.7. The zero-order valence-corrected chi connectivity index (χ0v) is 50.9. The summed E-state index contributed by atoms with van der Waals surface area (Å²) in [6.07, 6.45) is 104. The summed E-state index contributed by atoms with van der Waals surface area (Å²) < 4.78 is 16.7. The van der Waals surface area contributed by atoms with Crippen molar-refractivity contribution in [1.82, 2.24) is 0 Å². The molecule has 6 nitrogen and oxygen atoms in total. The van der Waals surface area contributed by atoms with Crippen molar-refractivity contribution < 1.29 is 28.6 Å². The van der Waals surface area contributed by atoms with Crippen molar-refractivity contribution in [1.29, 1.82) is 0 Å². The van der Waals surface area contributed by atoms with Crippen LogP contribution in [0.4, 0.5) is 0 Å². The minimum absolute atomic E-state index is 0.147. The zero-order valence-electron chi connectivity index (χ0n) is 50.9. The summed E-state index contributed by atoms with van der Waals surface area (Å²) in [5.74, 6) is -1.13. The summed E-state index contributed by atoms with van der Waals surface area (Å²) in [7, 11) is 0. The highest BCUT2D eigenvalue weighted by Crippen LogP contribution is 2.11. The Morgan fingerprint density at radius 3 is 0.802 bits per heavy atom. The van der Waals surface area contributed by atoms with Crippen LogP contribution in [-0.2, 0) is 28.6 Å². The van der Waals surface area contributed by atoms with Gasteiger partial charge in [0.15, 0.2) is 6.10 Å². The molecule has 1 unspecified atom stereocenters. The summed E-state index contributed by atoms with van der Waals surface area (Å²) in [6.45, 7) is 6.14. The Labute approximate surface area is 495 Å². The molecule has 81 heavy (non-hydrogen) atoms. The molecule has 1 atom stereocenters. The predicted octanol–water partition coefficient (Wildman–Crippen LogP) is 21.8. The third-order valence-corrected chi connectivity index (χ3v) is 12.0. The summed E-state index contributed by atoms with van der Waals surface area (Å²) >= 11 is 0. The SMILES string of the molecule is CC/C=C\C/C=C\C/C=C\C/C=C\C/C=C\C/C=C\C/C=C\CCCCCCCC(=O)OCC(COC(=O)CC/C=C\C/C=C\C/C=C\C/C=C\CC)OC(=O)CCC/C=C\C/C=C\C/C=C\C/C=C\C/C=C\C/C=C\C/C=C\CC. The molecule has 0 aliphatic rings. The molecule has 0 N–H and O–H groups in total. The van der Waals surface area contributed by atoms with Gasteiger partial charge in [0.1, 0.15) is 13.2 Å². The van der Waals surface area contributed by atoms with Crippen LogP contribution in [0.25, 0.3) is 0 Å². The Bertz CT molecular complexity index is 2050. The minimum Gasteiger partial charge on any atom is -0.462 e. The van der Waals surface area contributed by atoms with Crippen molar-refractivity contribution in [3.05, 3.63) is 219 Å². The average molecular weight is 1110 g/mol. The van der Waals surface area contributed by atoms with E-state index >= 15 is 0 Å². The fourth-order valence-electron chi connectivity index (χ4n) is 7.42. The first-order valence-electron chi connectivity index (χ1n) is 31.2. The Hall–Kier alpha value is -6.27. The number of carbonyl (C=O) groups is 3. The number of carbonyl (C=O) groups excluding carboxylic acids is 3. The van der Waals surface area contributed by atoms with Crippen LogP contribution in [0.5, 0.6) is 0 Å². The summed E-state index contributed by atoms with van der Waals surface area (Å²) in [4.78, 5) is 38.2. The molecule has 0 fully saturated rings. The van der Waals surface area contributed by atoms with Crippen LogP contribution in [0.3, 0.4) is 0 Å². The maximum absolute atomic E-state index is 12.9. The molecule has 0 radical (unpaired) electrons. The lowest BCUT2D eigenvalue weighted by atomic mass is 10.1. The first-order valence-corrected chi connectivity index (χ1v) is 31.2. The minimum atomic E-state index is -0.862. The van der Waals surface area contributed by atoms with Crippen LogP contribution in [0.15, 0.2) is 219 Å². The number of hydrogen-bond acceptors (Lipinski definition) is 6. The van der Waals surface area contributed by atoms with Gasteiger partial charge in [0.25, 0.3) is 0 Å². The number of ether oxygens (including phenoxy) is 3. The monoisotopic (exact) mass is 1110 g/mol. The molecule has 6 heteroatoms. The maximum atomic E-state index is 12.9. The van der Waals surface area contributed by atoms with Gasteiger partial charge in [-0.05, 0) is 154 Å².